The topological polar surface area (TPSA) is 74.2 Å². The lowest BCUT2D eigenvalue weighted by atomic mass is 10.1. The van der Waals surface area contributed by atoms with Crippen molar-refractivity contribution in [3.8, 4) is 17.1 Å². The summed E-state index contributed by atoms with van der Waals surface area (Å²) in [5.74, 6) is -0.150. The van der Waals surface area contributed by atoms with Crippen LogP contribution in [0.15, 0.2) is 46.1 Å². The van der Waals surface area contributed by atoms with Gasteiger partial charge in [0.1, 0.15) is 16.2 Å². The molecule has 2 aromatic heterocycles. The maximum Gasteiger partial charge on any atom is 0.322 e. The van der Waals surface area contributed by atoms with E-state index in [0.29, 0.717) is 24.6 Å². The molecule has 0 amide bonds. The van der Waals surface area contributed by atoms with E-state index in [9.17, 15) is 9.18 Å². The number of esters is 1. The monoisotopic (exact) mass is 475 g/mol. The van der Waals surface area contributed by atoms with Crippen molar-refractivity contribution in [2.45, 2.75) is 55.7 Å². The largest absolute Gasteiger partial charge is 0.476 e. The number of thiazole rings is 1. The molecule has 9 heteroatoms. The molecule has 0 atom stereocenters. The van der Waals surface area contributed by atoms with Crippen LogP contribution in [0.2, 0.25) is 0 Å². The van der Waals surface area contributed by atoms with Crippen LogP contribution in [0.1, 0.15) is 40.3 Å². The van der Waals surface area contributed by atoms with Crippen molar-refractivity contribution < 1.29 is 18.7 Å². The fourth-order valence-corrected chi connectivity index (χ4v) is 4.81. The zero-order valence-corrected chi connectivity index (χ0v) is 20.3. The van der Waals surface area contributed by atoms with E-state index in [4.69, 9.17) is 9.47 Å². The summed E-state index contributed by atoms with van der Waals surface area (Å²) in [5, 5.41) is 10.2. The van der Waals surface area contributed by atoms with E-state index in [0.717, 1.165) is 15.6 Å². The first-order valence-corrected chi connectivity index (χ1v) is 11.8. The second kappa shape index (κ2) is 9.95. The minimum atomic E-state index is -0.735. The molecule has 0 saturated carbocycles. The lowest BCUT2D eigenvalue weighted by Gasteiger charge is -2.27. The summed E-state index contributed by atoms with van der Waals surface area (Å²) in [6.45, 7) is 9.64. The van der Waals surface area contributed by atoms with E-state index in [2.05, 4.69) is 15.2 Å². The van der Waals surface area contributed by atoms with Gasteiger partial charge in [0.05, 0.1) is 18.0 Å². The Morgan fingerprint density at radius 3 is 2.41 bits per heavy atom. The average molecular weight is 476 g/mol. The molecule has 0 radical (unpaired) electrons. The van der Waals surface area contributed by atoms with Crippen molar-refractivity contribution in [2.24, 2.45) is 0 Å². The maximum absolute atomic E-state index is 13.0. The number of aromatic nitrogens is 3. The van der Waals surface area contributed by atoms with E-state index in [1.165, 1.54) is 35.2 Å². The Labute approximate surface area is 195 Å². The highest BCUT2D eigenvalue weighted by molar-refractivity contribution is 8.03. The predicted octanol–water partition coefficient (Wildman–Crippen LogP) is 5.57. The van der Waals surface area contributed by atoms with Gasteiger partial charge < -0.3 is 9.47 Å². The number of hydrogen-bond donors (Lipinski definition) is 0. The SMILES string of the molecule is CC(C)(C)OC(=O)C(C)(C)Sc1nc(CCOc2ccc(-c3ccc(F)cc3)nn2)cs1. The fraction of sp³-hybridized carbons (Fsp3) is 0.391. The summed E-state index contributed by atoms with van der Waals surface area (Å²) in [6.07, 6.45) is 0.602. The van der Waals surface area contributed by atoms with Crippen LogP contribution in [0.3, 0.4) is 0 Å². The molecule has 6 nitrogen and oxygen atoms in total. The highest BCUT2D eigenvalue weighted by atomic mass is 32.2. The van der Waals surface area contributed by atoms with Crippen LogP contribution in [0, 0.1) is 5.82 Å². The lowest BCUT2D eigenvalue weighted by molar-refractivity contribution is -0.156. The smallest absolute Gasteiger partial charge is 0.322 e. The number of ether oxygens (including phenoxy) is 2. The summed E-state index contributed by atoms with van der Waals surface area (Å²) in [5.41, 5.74) is 1.78. The van der Waals surface area contributed by atoms with Crippen LogP contribution in [0.25, 0.3) is 11.3 Å². The molecule has 32 heavy (non-hydrogen) atoms. The first-order chi connectivity index (χ1) is 15.0. The number of hydrogen-bond acceptors (Lipinski definition) is 8. The number of benzene rings is 1. The van der Waals surface area contributed by atoms with E-state index in [-0.39, 0.29) is 11.8 Å². The van der Waals surface area contributed by atoms with E-state index in [1.807, 2.05) is 40.0 Å². The first kappa shape index (κ1) is 24.1. The van der Waals surface area contributed by atoms with Crippen LogP contribution in [0.5, 0.6) is 5.88 Å². The van der Waals surface area contributed by atoms with Gasteiger partial charge in [-0.15, -0.1) is 21.5 Å². The Bertz CT molecular complexity index is 1050. The van der Waals surface area contributed by atoms with Crippen LogP contribution in [-0.2, 0) is 16.0 Å². The second-order valence-corrected chi connectivity index (χ2v) is 11.3. The van der Waals surface area contributed by atoms with Crippen molar-refractivity contribution in [2.75, 3.05) is 6.61 Å². The quantitative estimate of drug-likeness (QED) is 0.311. The molecule has 1 aromatic carbocycles. The Morgan fingerprint density at radius 2 is 1.78 bits per heavy atom. The predicted molar refractivity (Wildman–Crippen MR) is 125 cm³/mol. The highest BCUT2D eigenvalue weighted by Crippen LogP contribution is 2.36. The number of carbonyl (C=O) groups excluding carboxylic acids is 1. The average Bonchev–Trinajstić information content (AvgIpc) is 3.14. The molecule has 2 heterocycles. The standard InChI is InChI=1S/C23H26FN3O3S2/c1-22(2,3)30-20(28)23(4,5)32-21-25-17(14-31-21)12-13-29-19-11-10-18(26-27-19)15-6-8-16(24)9-7-15/h6-11,14H,12-13H2,1-5H3. The molecule has 0 saturated heterocycles. The maximum atomic E-state index is 13.0. The molecule has 0 aliphatic carbocycles. The van der Waals surface area contributed by atoms with Gasteiger partial charge in [0.25, 0.3) is 0 Å². The van der Waals surface area contributed by atoms with Gasteiger partial charge in [-0.05, 0) is 65.0 Å². The third-order valence-electron chi connectivity index (χ3n) is 4.15. The van der Waals surface area contributed by atoms with E-state index in [1.54, 1.807) is 24.3 Å². The van der Waals surface area contributed by atoms with Gasteiger partial charge >= 0.3 is 5.97 Å². The Kier molecular flexibility index (Phi) is 7.51. The van der Waals surface area contributed by atoms with Gasteiger partial charge in [-0.3, -0.25) is 4.79 Å². The van der Waals surface area contributed by atoms with Crippen LogP contribution in [-0.4, -0.2) is 38.1 Å². The van der Waals surface area contributed by atoms with Crippen molar-refractivity contribution in [1.82, 2.24) is 15.2 Å². The zero-order valence-electron chi connectivity index (χ0n) is 18.7. The molecule has 0 aliphatic rings. The normalized spacial score (nSPS) is 11.9. The van der Waals surface area contributed by atoms with E-state index < -0.39 is 10.3 Å². The number of carbonyl (C=O) groups is 1. The minimum absolute atomic E-state index is 0.266. The zero-order chi connectivity index (χ0) is 23.4. The van der Waals surface area contributed by atoms with Gasteiger partial charge in [0, 0.05) is 23.4 Å². The summed E-state index contributed by atoms with van der Waals surface area (Å²) in [6, 6.07) is 9.60. The molecule has 0 unspecified atom stereocenters. The van der Waals surface area contributed by atoms with Gasteiger partial charge in [0.15, 0.2) is 4.34 Å². The lowest BCUT2D eigenvalue weighted by Crippen LogP contribution is -2.36. The van der Waals surface area contributed by atoms with Crippen molar-refractivity contribution in [3.63, 3.8) is 0 Å². The number of thioether (sulfide) groups is 1. The molecule has 0 fully saturated rings. The number of rotatable bonds is 8. The molecule has 3 aromatic rings. The molecule has 3 rings (SSSR count). The minimum Gasteiger partial charge on any atom is -0.476 e. The van der Waals surface area contributed by atoms with Crippen molar-refractivity contribution in [3.05, 3.63) is 53.3 Å². The molecule has 0 aliphatic heterocycles. The summed E-state index contributed by atoms with van der Waals surface area (Å²) in [4.78, 5) is 17.0. The van der Waals surface area contributed by atoms with Crippen LogP contribution < -0.4 is 4.74 Å². The Hall–Kier alpha value is -2.52. The number of nitrogens with zero attached hydrogens (tertiary/aromatic N) is 3. The summed E-state index contributed by atoms with van der Waals surface area (Å²) >= 11 is 2.88. The Morgan fingerprint density at radius 1 is 1.06 bits per heavy atom. The Balaban J connectivity index is 1.50. The summed E-state index contributed by atoms with van der Waals surface area (Å²) < 4.78 is 24.3. The van der Waals surface area contributed by atoms with E-state index >= 15 is 0 Å². The third kappa shape index (κ3) is 7.00. The molecular formula is C23H26FN3O3S2. The summed E-state index contributed by atoms with van der Waals surface area (Å²) in [7, 11) is 0. The number of halogens is 1. The van der Waals surface area contributed by atoms with Gasteiger partial charge in [-0.2, -0.15) is 0 Å². The fourth-order valence-electron chi connectivity index (χ4n) is 2.54. The molecule has 170 valence electrons. The third-order valence-corrected chi connectivity index (χ3v) is 6.32. The second-order valence-electron chi connectivity index (χ2n) is 8.58. The first-order valence-electron chi connectivity index (χ1n) is 10.1. The van der Waals surface area contributed by atoms with Crippen molar-refractivity contribution >= 4 is 29.1 Å². The van der Waals surface area contributed by atoms with Gasteiger partial charge in [0.2, 0.25) is 5.88 Å². The van der Waals surface area contributed by atoms with Gasteiger partial charge in [-0.1, -0.05) is 11.8 Å². The molecule has 0 spiro atoms. The van der Waals surface area contributed by atoms with Crippen molar-refractivity contribution in [1.29, 1.82) is 0 Å². The van der Waals surface area contributed by atoms with Gasteiger partial charge in [-0.25, -0.2) is 9.37 Å². The van der Waals surface area contributed by atoms with Crippen LogP contribution in [0.4, 0.5) is 4.39 Å². The highest BCUT2D eigenvalue weighted by Gasteiger charge is 2.34. The molecule has 0 N–H and O–H groups in total. The van der Waals surface area contributed by atoms with Crippen LogP contribution >= 0.6 is 23.1 Å². The molecular weight excluding hydrogens is 449 g/mol. The molecule has 0 bridgehead atoms.